The van der Waals surface area contributed by atoms with Gasteiger partial charge < -0.3 is 19.7 Å². The fraction of sp³-hybridized carbons (Fsp3) is 0.478. The van der Waals surface area contributed by atoms with Crippen LogP contribution in [0.15, 0.2) is 52.3 Å². The minimum atomic E-state index is 0. The Labute approximate surface area is 207 Å². The second-order valence-corrected chi connectivity index (χ2v) is 7.93. The largest absolute Gasteiger partial charge is 0.367 e. The second kappa shape index (κ2) is 13.0. The molecular formula is C23H33ClIN5O. The van der Waals surface area contributed by atoms with Gasteiger partial charge in [0.2, 0.25) is 0 Å². The molecular weight excluding hydrogens is 525 g/mol. The Balaban J connectivity index is 0.00000341. The van der Waals surface area contributed by atoms with Crippen molar-refractivity contribution in [2.75, 3.05) is 44.2 Å². The van der Waals surface area contributed by atoms with Gasteiger partial charge >= 0.3 is 0 Å². The van der Waals surface area contributed by atoms with Crippen molar-refractivity contribution >= 4 is 47.2 Å². The summed E-state index contributed by atoms with van der Waals surface area (Å²) in [7, 11) is 0. The van der Waals surface area contributed by atoms with E-state index in [0.717, 1.165) is 81.0 Å². The molecule has 0 bridgehead atoms. The first-order valence-electron chi connectivity index (χ1n) is 10.8. The van der Waals surface area contributed by atoms with Crippen LogP contribution in [-0.2, 0) is 6.54 Å². The third-order valence-electron chi connectivity index (χ3n) is 5.43. The van der Waals surface area contributed by atoms with Gasteiger partial charge in [0.05, 0.1) is 10.7 Å². The molecule has 0 unspecified atom stereocenters. The van der Waals surface area contributed by atoms with E-state index in [-0.39, 0.29) is 29.5 Å². The molecule has 1 N–H and O–H groups in total. The third kappa shape index (κ3) is 7.14. The van der Waals surface area contributed by atoms with Gasteiger partial charge in [-0.25, -0.2) is 0 Å². The summed E-state index contributed by atoms with van der Waals surface area (Å²) in [6.07, 6.45) is 1.89. The van der Waals surface area contributed by atoms with Gasteiger partial charge in [0.15, 0.2) is 5.96 Å². The topological polar surface area (TPSA) is 52.9 Å². The molecule has 170 valence electrons. The number of nitrogens with zero attached hydrogens (tertiary/aromatic N) is 4. The van der Waals surface area contributed by atoms with E-state index in [1.165, 1.54) is 0 Å². The molecule has 6 nitrogen and oxygen atoms in total. The molecule has 2 heterocycles. The zero-order chi connectivity index (χ0) is 21.3. The second-order valence-electron chi connectivity index (χ2n) is 7.53. The van der Waals surface area contributed by atoms with Crippen molar-refractivity contribution in [1.29, 1.82) is 0 Å². The van der Waals surface area contributed by atoms with Crippen molar-refractivity contribution in [1.82, 2.24) is 14.8 Å². The maximum absolute atomic E-state index is 12.0. The molecule has 8 heteroatoms. The van der Waals surface area contributed by atoms with Crippen LogP contribution in [-0.4, -0.2) is 54.7 Å². The smallest absolute Gasteiger partial charge is 0.250 e. The predicted molar refractivity (Wildman–Crippen MR) is 141 cm³/mol. The highest BCUT2D eigenvalue weighted by atomic mass is 127. The summed E-state index contributed by atoms with van der Waals surface area (Å²) in [6.45, 7) is 10.1. The molecule has 31 heavy (non-hydrogen) atoms. The lowest BCUT2D eigenvalue weighted by atomic mass is 10.2. The molecule has 0 radical (unpaired) electrons. The molecule has 1 saturated heterocycles. The Morgan fingerprint density at radius 3 is 2.48 bits per heavy atom. The van der Waals surface area contributed by atoms with Crippen LogP contribution in [0.5, 0.6) is 0 Å². The number of pyridine rings is 1. The quantitative estimate of drug-likeness (QED) is 0.242. The van der Waals surface area contributed by atoms with E-state index in [9.17, 15) is 4.79 Å². The summed E-state index contributed by atoms with van der Waals surface area (Å²) in [4.78, 5) is 21.4. The van der Waals surface area contributed by atoms with E-state index in [4.69, 9.17) is 16.6 Å². The number of aryl methyl sites for hydroxylation is 1. The monoisotopic (exact) mass is 557 g/mol. The molecule has 3 rings (SSSR count). The summed E-state index contributed by atoms with van der Waals surface area (Å²) < 4.78 is 1.84. The molecule has 0 spiro atoms. The van der Waals surface area contributed by atoms with Crippen molar-refractivity contribution in [2.24, 2.45) is 4.99 Å². The summed E-state index contributed by atoms with van der Waals surface area (Å²) in [5, 5.41) is 4.23. The molecule has 1 aromatic carbocycles. The summed E-state index contributed by atoms with van der Waals surface area (Å²) in [5.74, 6) is 0.976. The van der Waals surface area contributed by atoms with Crippen LogP contribution in [0.3, 0.4) is 0 Å². The first-order chi connectivity index (χ1) is 14.6. The number of piperazine rings is 1. The number of halogens is 2. The predicted octanol–water partition coefficient (Wildman–Crippen LogP) is 4.00. The molecule has 0 saturated carbocycles. The number of rotatable bonds is 7. The van der Waals surface area contributed by atoms with Gasteiger partial charge in [0, 0.05) is 57.6 Å². The number of para-hydroxylation sites is 1. The number of benzene rings is 1. The van der Waals surface area contributed by atoms with Gasteiger partial charge in [0.1, 0.15) is 0 Å². The number of guanidine groups is 1. The SMILES string of the molecule is CCNC(=NCCCCn1c(C)cccc1=O)N1CCN(c2ccccc2Cl)CC1.I. The average Bonchev–Trinajstić information content (AvgIpc) is 2.75. The maximum atomic E-state index is 12.0. The van der Waals surface area contributed by atoms with Gasteiger partial charge in [-0.05, 0) is 44.9 Å². The Bertz CT molecular complexity index is 909. The van der Waals surface area contributed by atoms with Crippen molar-refractivity contribution < 1.29 is 0 Å². The Morgan fingerprint density at radius 1 is 1.06 bits per heavy atom. The molecule has 0 atom stereocenters. The van der Waals surface area contributed by atoms with Gasteiger partial charge in [-0.2, -0.15) is 0 Å². The third-order valence-corrected chi connectivity index (χ3v) is 5.75. The molecule has 0 aliphatic carbocycles. The Morgan fingerprint density at radius 2 is 1.81 bits per heavy atom. The summed E-state index contributed by atoms with van der Waals surface area (Å²) in [5.41, 5.74) is 2.19. The van der Waals surface area contributed by atoms with Crippen molar-refractivity contribution in [3.8, 4) is 0 Å². The fourth-order valence-corrected chi connectivity index (χ4v) is 4.03. The minimum Gasteiger partial charge on any atom is -0.367 e. The van der Waals surface area contributed by atoms with E-state index in [2.05, 4.69) is 28.1 Å². The minimum absolute atomic E-state index is 0. The van der Waals surface area contributed by atoms with E-state index in [0.29, 0.717) is 0 Å². The summed E-state index contributed by atoms with van der Waals surface area (Å²) >= 11 is 6.36. The first-order valence-corrected chi connectivity index (χ1v) is 11.2. The number of anilines is 1. The van der Waals surface area contributed by atoms with Crippen LogP contribution < -0.4 is 15.8 Å². The Hall–Kier alpha value is -1.74. The van der Waals surface area contributed by atoms with Gasteiger partial charge in [0.25, 0.3) is 5.56 Å². The number of hydrogen-bond donors (Lipinski definition) is 1. The molecule has 1 aliphatic heterocycles. The van der Waals surface area contributed by atoms with E-state index in [1.807, 2.05) is 41.8 Å². The molecule has 1 aromatic heterocycles. The van der Waals surface area contributed by atoms with Crippen LogP contribution in [0.1, 0.15) is 25.5 Å². The Kier molecular flexibility index (Phi) is 10.7. The molecule has 0 amide bonds. The number of nitrogens with one attached hydrogen (secondary N) is 1. The van der Waals surface area contributed by atoms with Crippen LogP contribution in [0.25, 0.3) is 0 Å². The molecule has 2 aromatic rings. The molecule has 1 aliphatic rings. The van der Waals surface area contributed by atoms with E-state index in [1.54, 1.807) is 6.07 Å². The zero-order valence-electron chi connectivity index (χ0n) is 18.4. The highest BCUT2D eigenvalue weighted by Crippen LogP contribution is 2.26. The van der Waals surface area contributed by atoms with Crippen LogP contribution in [0, 0.1) is 6.92 Å². The fourth-order valence-electron chi connectivity index (χ4n) is 3.77. The van der Waals surface area contributed by atoms with E-state index >= 15 is 0 Å². The van der Waals surface area contributed by atoms with Crippen LogP contribution in [0.4, 0.5) is 5.69 Å². The van der Waals surface area contributed by atoms with Crippen molar-refractivity contribution in [3.05, 3.63) is 63.5 Å². The number of aliphatic imine (C=N–C) groups is 1. The molecule has 1 fully saturated rings. The van der Waals surface area contributed by atoms with Crippen molar-refractivity contribution in [2.45, 2.75) is 33.2 Å². The zero-order valence-corrected chi connectivity index (χ0v) is 21.5. The van der Waals surface area contributed by atoms with Gasteiger partial charge in [-0.1, -0.05) is 29.8 Å². The highest BCUT2D eigenvalue weighted by molar-refractivity contribution is 14.0. The van der Waals surface area contributed by atoms with Crippen LogP contribution in [0.2, 0.25) is 5.02 Å². The average molecular weight is 558 g/mol. The lowest BCUT2D eigenvalue weighted by Crippen LogP contribution is -2.52. The number of unbranched alkanes of at least 4 members (excludes halogenated alkanes) is 1. The van der Waals surface area contributed by atoms with Gasteiger partial charge in [-0.3, -0.25) is 9.79 Å². The van der Waals surface area contributed by atoms with Crippen molar-refractivity contribution in [3.63, 3.8) is 0 Å². The standard InChI is InChI=1S/C23H32ClN5O.HI/c1-3-25-23(26-13-6-7-14-29-19(2)9-8-12-22(29)30)28-17-15-27(16-18-28)21-11-5-4-10-20(21)24;/h4-5,8-12H,3,6-7,13-18H2,1-2H3,(H,25,26);1H. The lowest BCUT2D eigenvalue weighted by molar-refractivity contribution is 0.372. The first kappa shape index (κ1) is 25.5. The number of hydrogen-bond acceptors (Lipinski definition) is 3. The highest BCUT2D eigenvalue weighted by Gasteiger charge is 2.20. The normalized spacial score (nSPS) is 14.4. The summed E-state index contributed by atoms with van der Waals surface area (Å²) in [6, 6.07) is 13.4. The van der Waals surface area contributed by atoms with E-state index < -0.39 is 0 Å². The van der Waals surface area contributed by atoms with Crippen LogP contribution >= 0.6 is 35.6 Å². The maximum Gasteiger partial charge on any atom is 0.250 e. The van der Waals surface area contributed by atoms with Gasteiger partial charge in [-0.15, -0.1) is 24.0 Å². The number of aromatic nitrogens is 1. The lowest BCUT2D eigenvalue weighted by Gasteiger charge is -2.38.